The number of phenols is 15. The fourth-order valence-corrected chi connectivity index (χ4v) is 15.2. The van der Waals surface area contributed by atoms with Gasteiger partial charge in [0.2, 0.25) is 51.7 Å². The van der Waals surface area contributed by atoms with Crippen molar-refractivity contribution in [3.63, 3.8) is 0 Å². The van der Waals surface area contributed by atoms with Gasteiger partial charge in [-0.1, -0.05) is 133 Å². The molecule has 0 radical (unpaired) electrons. The van der Waals surface area contributed by atoms with E-state index in [1.165, 1.54) is 16.7 Å². The molecule has 17 rings (SSSR count). The zero-order valence-electron chi connectivity index (χ0n) is 48.0. The third kappa shape index (κ3) is 6.70. The second kappa shape index (κ2) is 18.7. The number of anilines is 9. The van der Waals surface area contributed by atoms with Crippen molar-refractivity contribution in [1.29, 1.82) is 0 Å². The monoisotopic (exact) mass is 1230 g/mol. The molecule has 0 bridgehead atoms. The standard InChI is InChI=1S/C73H47BN4O15/c79-58-55(59(80)65(86)70(91)64(58)85)76(56-60(81)66(87)71(92)67(88)61(56)82)34-27-29-45-52(32-34)75(33-28-30-47-39(31-33)37-15-4-9-22-46(37)78(47)57-62(83)68(89)72(93)69(90)63(57)84)50-25-12-26-51-54(50)74(45)44-21-8-10-23-48(44)77(51)49-24-11-20-43-53(49)38-16-3-7-19-42(38)73(43)40-17-5-1-13-35(40)36-14-2-6-18-41(36)73/h1-32,79-93H. The van der Waals surface area contributed by atoms with Crippen LogP contribution < -0.4 is 31.1 Å². The molecule has 0 unspecified atom stereocenters. The first-order valence-corrected chi connectivity index (χ1v) is 29.3. The highest BCUT2D eigenvalue weighted by Gasteiger charge is 2.53. The van der Waals surface area contributed by atoms with Crippen molar-refractivity contribution in [2.75, 3.05) is 14.7 Å². The van der Waals surface area contributed by atoms with Gasteiger partial charge in [-0.2, -0.15) is 0 Å². The third-order valence-electron chi connectivity index (χ3n) is 19.0. The van der Waals surface area contributed by atoms with Crippen LogP contribution in [0, 0.1) is 0 Å². The SMILES string of the molecule is Oc1c(O)c(O)c(N(c2ccc3c(c2)N(c2ccc4c(c2)c2ccccc2n4-c2c(O)c(O)c(O)c(O)c2O)c2cccc4c2B3c2ccccc2N4c2cccc3c2-c2ccccc2C32c3ccccc3-c3ccccc32)c2c(O)c(O)c(O)c(O)c2O)c(O)c1O. The second-order valence-electron chi connectivity index (χ2n) is 23.4. The highest BCUT2D eigenvalue weighted by molar-refractivity contribution is 7.00. The van der Waals surface area contributed by atoms with Crippen LogP contribution in [0.1, 0.15) is 22.3 Å². The van der Waals surface area contributed by atoms with Crippen LogP contribution in [0.3, 0.4) is 0 Å². The summed E-state index contributed by atoms with van der Waals surface area (Å²) in [6.45, 7) is -0.639. The maximum absolute atomic E-state index is 11.8. The molecule has 2 aliphatic heterocycles. The topological polar surface area (TPSA) is 318 Å². The summed E-state index contributed by atoms with van der Waals surface area (Å²) in [6, 6.07) is 62.9. The molecule has 4 aliphatic rings. The minimum atomic E-state index is -1.37. The molecule has 2 aliphatic carbocycles. The van der Waals surface area contributed by atoms with Gasteiger partial charge in [-0.3, -0.25) is 4.90 Å². The van der Waals surface area contributed by atoms with Crippen molar-refractivity contribution in [3.05, 3.63) is 216 Å². The van der Waals surface area contributed by atoms with E-state index in [0.717, 1.165) is 72.5 Å². The minimum absolute atomic E-state index is 0.229. The Hall–Kier alpha value is -13.1. The van der Waals surface area contributed by atoms with Gasteiger partial charge in [-0.25, -0.2) is 0 Å². The van der Waals surface area contributed by atoms with Crippen LogP contribution in [0.25, 0.3) is 49.7 Å². The maximum atomic E-state index is 11.8. The zero-order chi connectivity index (χ0) is 64.1. The molecule has 0 amide bonds. The molecule has 93 heavy (non-hydrogen) atoms. The van der Waals surface area contributed by atoms with E-state index in [4.69, 9.17) is 0 Å². The van der Waals surface area contributed by atoms with Crippen molar-refractivity contribution in [1.82, 2.24) is 4.57 Å². The fraction of sp³-hybridized carbons (Fsp3) is 0.0137. The summed E-state index contributed by atoms with van der Waals surface area (Å²) in [5.41, 5.74) is 12.3. The third-order valence-corrected chi connectivity index (χ3v) is 19.0. The number of aromatic nitrogens is 1. The van der Waals surface area contributed by atoms with Crippen LogP contribution in [0.15, 0.2) is 194 Å². The van der Waals surface area contributed by atoms with Gasteiger partial charge in [0.1, 0.15) is 17.1 Å². The average molecular weight is 1230 g/mol. The molecule has 0 saturated carbocycles. The van der Waals surface area contributed by atoms with E-state index in [0.29, 0.717) is 49.2 Å². The Morgan fingerprint density at radius 2 is 0.753 bits per heavy atom. The molecular formula is C73H47BN4O15. The van der Waals surface area contributed by atoms with Crippen LogP contribution >= 0.6 is 0 Å². The van der Waals surface area contributed by atoms with E-state index >= 15 is 0 Å². The second-order valence-corrected chi connectivity index (χ2v) is 23.4. The smallest absolute Gasteiger partial charge is 0.252 e. The van der Waals surface area contributed by atoms with E-state index in [9.17, 15) is 76.6 Å². The Morgan fingerprint density at radius 1 is 0.312 bits per heavy atom. The van der Waals surface area contributed by atoms with Crippen molar-refractivity contribution in [3.8, 4) is 114 Å². The molecule has 12 aromatic carbocycles. The number of rotatable bonds is 6. The van der Waals surface area contributed by atoms with E-state index in [2.05, 4.69) is 108 Å². The Morgan fingerprint density at radius 3 is 1.37 bits per heavy atom. The Bertz CT molecular complexity index is 5350. The van der Waals surface area contributed by atoms with Gasteiger partial charge < -0.3 is 91.0 Å². The number of phenolic OH excluding ortho intramolecular Hbond substituents is 15. The first-order chi connectivity index (χ1) is 45.0. The van der Waals surface area contributed by atoms with Gasteiger partial charge in [-0.05, 0) is 116 Å². The van der Waals surface area contributed by atoms with Crippen molar-refractivity contribution in [2.24, 2.45) is 0 Å². The number of aromatic hydroxyl groups is 15. The van der Waals surface area contributed by atoms with Crippen LogP contribution in [-0.2, 0) is 5.41 Å². The quantitative estimate of drug-likeness (QED) is 0.0418. The fourth-order valence-electron chi connectivity index (χ4n) is 15.2. The molecule has 452 valence electrons. The summed E-state index contributed by atoms with van der Waals surface area (Å²) in [4.78, 5) is 4.88. The normalized spacial score (nSPS) is 13.4. The molecule has 0 atom stereocenters. The number of para-hydroxylation sites is 2. The summed E-state index contributed by atoms with van der Waals surface area (Å²) in [5, 5.41) is 169. The molecular weight excluding hydrogens is 1180 g/mol. The first-order valence-electron chi connectivity index (χ1n) is 29.3. The predicted molar refractivity (Wildman–Crippen MR) is 351 cm³/mol. The number of fused-ring (bicyclic) bond motifs is 17. The number of nitrogens with zero attached hydrogens (tertiary/aromatic N) is 4. The average Bonchev–Trinajstić information content (AvgIpc) is 1.61. The summed E-state index contributed by atoms with van der Waals surface area (Å²) in [6.07, 6.45) is 0. The van der Waals surface area contributed by atoms with Crippen LogP contribution in [0.2, 0.25) is 0 Å². The molecule has 0 saturated heterocycles. The number of hydrogen-bond acceptors (Lipinski definition) is 18. The zero-order valence-corrected chi connectivity index (χ0v) is 48.0. The van der Waals surface area contributed by atoms with Gasteiger partial charge >= 0.3 is 0 Å². The first kappa shape index (κ1) is 54.1. The summed E-state index contributed by atoms with van der Waals surface area (Å²) in [5.74, 6) is -18.7. The van der Waals surface area contributed by atoms with E-state index < -0.39 is 115 Å². The molecule has 15 N–H and O–H groups in total. The molecule has 13 aromatic rings. The van der Waals surface area contributed by atoms with Gasteiger partial charge in [0.25, 0.3) is 6.71 Å². The van der Waals surface area contributed by atoms with Crippen LogP contribution in [-0.4, -0.2) is 87.9 Å². The summed E-state index contributed by atoms with van der Waals surface area (Å²) in [7, 11) is 0. The number of benzene rings is 12. The lowest BCUT2D eigenvalue weighted by Gasteiger charge is -2.44. The van der Waals surface area contributed by atoms with E-state index in [1.807, 2.05) is 41.3 Å². The van der Waals surface area contributed by atoms with Crippen LogP contribution in [0.5, 0.6) is 86.2 Å². The van der Waals surface area contributed by atoms with Crippen molar-refractivity contribution >= 4 is 96.1 Å². The lowest BCUT2D eigenvalue weighted by atomic mass is 9.33. The Kier molecular flexibility index (Phi) is 10.9. The van der Waals surface area contributed by atoms with E-state index in [1.54, 1.807) is 42.5 Å². The highest BCUT2D eigenvalue weighted by Crippen LogP contribution is 2.67. The van der Waals surface area contributed by atoms with Gasteiger partial charge in [0.15, 0.2) is 34.5 Å². The highest BCUT2D eigenvalue weighted by atomic mass is 16.4. The molecule has 1 spiro atoms. The maximum Gasteiger partial charge on any atom is 0.252 e. The number of hydrogen-bond donors (Lipinski definition) is 15. The molecule has 1 aromatic heterocycles. The van der Waals surface area contributed by atoms with Crippen molar-refractivity contribution in [2.45, 2.75) is 5.41 Å². The Labute approximate surface area is 525 Å². The lowest BCUT2D eigenvalue weighted by molar-refractivity contribution is 0.327. The summed E-state index contributed by atoms with van der Waals surface area (Å²) >= 11 is 0. The molecule has 19 nitrogen and oxygen atoms in total. The largest absolute Gasteiger partial charge is 0.503 e. The predicted octanol–water partition coefficient (Wildman–Crippen LogP) is 12.3. The Balaban J connectivity index is 0.957. The van der Waals surface area contributed by atoms with Gasteiger partial charge in [0.05, 0.1) is 22.1 Å². The minimum Gasteiger partial charge on any atom is -0.503 e. The van der Waals surface area contributed by atoms with Crippen LogP contribution in [0.4, 0.5) is 51.2 Å². The summed E-state index contributed by atoms with van der Waals surface area (Å²) < 4.78 is 1.42. The van der Waals surface area contributed by atoms with Gasteiger partial charge in [-0.15, -0.1) is 0 Å². The van der Waals surface area contributed by atoms with Crippen molar-refractivity contribution < 1.29 is 76.6 Å². The molecule has 20 heteroatoms. The molecule has 3 heterocycles. The van der Waals surface area contributed by atoms with Gasteiger partial charge in [0, 0.05) is 50.5 Å². The lowest BCUT2D eigenvalue weighted by Crippen LogP contribution is -2.61. The van der Waals surface area contributed by atoms with E-state index in [-0.39, 0.29) is 5.69 Å². The molecule has 0 fully saturated rings.